The SMILES string of the molecule is N#CC(c1ccc(C(F)(F)F)cc1)N(Cc1ccccc1)C(=O)C(F)(F)F. The van der Waals surface area contributed by atoms with Gasteiger partial charge < -0.3 is 4.90 Å². The summed E-state index contributed by atoms with van der Waals surface area (Å²) >= 11 is 0. The molecule has 0 fully saturated rings. The lowest BCUT2D eigenvalue weighted by Crippen LogP contribution is -2.42. The highest BCUT2D eigenvalue weighted by Gasteiger charge is 2.45. The predicted molar refractivity (Wildman–Crippen MR) is 82.8 cm³/mol. The second-order valence-corrected chi connectivity index (χ2v) is 5.57. The number of alkyl halides is 6. The van der Waals surface area contributed by atoms with E-state index in [9.17, 15) is 36.4 Å². The van der Waals surface area contributed by atoms with E-state index in [-0.39, 0.29) is 10.5 Å². The lowest BCUT2D eigenvalue weighted by atomic mass is 10.0. The minimum atomic E-state index is -5.24. The summed E-state index contributed by atoms with van der Waals surface area (Å²) in [6.07, 6.45) is -9.87. The Morgan fingerprint density at radius 3 is 1.96 bits per heavy atom. The van der Waals surface area contributed by atoms with E-state index in [1.807, 2.05) is 0 Å². The van der Waals surface area contributed by atoms with Crippen molar-refractivity contribution in [1.29, 1.82) is 5.26 Å². The number of nitriles is 1. The van der Waals surface area contributed by atoms with Gasteiger partial charge in [-0.05, 0) is 23.3 Å². The van der Waals surface area contributed by atoms with Crippen molar-refractivity contribution in [3.8, 4) is 6.07 Å². The summed E-state index contributed by atoms with van der Waals surface area (Å²) in [4.78, 5) is 12.1. The van der Waals surface area contributed by atoms with Gasteiger partial charge in [-0.3, -0.25) is 4.79 Å². The molecule has 27 heavy (non-hydrogen) atoms. The average molecular weight is 386 g/mol. The summed E-state index contributed by atoms with van der Waals surface area (Å²) in [5.41, 5.74) is -0.832. The number of amides is 1. The van der Waals surface area contributed by atoms with Crippen LogP contribution in [0.3, 0.4) is 0 Å². The standard InChI is InChI=1S/C18H12F6N2O/c19-17(20,21)14-8-6-13(7-9-14)15(10-25)26(16(27)18(22,23)24)11-12-4-2-1-3-5-12/h1-9,15H,11H2. The number of nitrogens with zero attached hydrogens (tertiary/aromatic N) is 2. The largest absolute Gasteiger partial charge is 0.471 e. The molecule has 0 heterocycles. The molecule has 0 aliphatic carbocycles. The number of hydrogen-bond donors (Lipinski definition) is 0. The van der Waals surface area contributed by atoms with Crippen molar-refractivity contribution >= 4 is 5.91 Å². The van der Waals surface area contributed by atoms with E-state index in [1.165, 1.54) is 12.1 Å². The minimum Gasteiger partial charge on any atom is -0.310 e. The third kappa shape index (κ3) is 5.00. The molecule has 0 aliphatic heterocycles. The lowest BCUT2D eigenvalue weighted by molar-refractivity contribution is -0.187. The molecule has 2 aromatic carbocycles. The van der Waals surface area contributed by atoms with Gasteiger partial charge in [-0.15, -0.1) is 0 Å². The van der Waals surface area contributed by atoms with E-state index < -0.39 is 36.4 Å². The number of rotatable bonds is 4. The maximum atomic E-state index is 13.0. The molecule has 0 N–H and O–H groups in total. The quantitative estimate of drug-likeness (QED) is 0.705. The van der Waals surface area contributed by atoms with Crippen LogP contribution in [0.25, 0.3) is 0 Å². The molecule has 0 spiro atoms. The normalized spacial score (nSPS) is 12.9. The number of benzene rings is 2. The predicted octanol–water partition coefficient (Wildman–Crippen LogP) is 4.86. The Morgan fingerprint density at radius 2 is 1.52 bits per heavy atom. The average Bonchev–Trinajstić information content (AvgIpc) is 2.60. The van der Waals surface area contributed by atoms with E-state index in [1.54, 1.807) is 24.3 Å². The highest BCUT2D eigenvalue weighted by molar-refractivity contribution is 5.82. The Balaban J connectivity index is 2.42. The van der Waals surface area contributed by atoms with Gasteiger partial charge in [-0.2, -0.15) is 31.6 Å². The summed E-state index contributed by atoms with van der Waals surface area (Å²) in [7, 11) is 0. The fraction of sp³-hybridized carbons (Fsp3) is 0.222. The first-order valence-electron chi connectivity index (χ1n) is 7.52. The van der Waals surface area contributed by atoms with Gasteiger partial charge in [0.05, 0.1) is 11.6 Å². The van der Waals surface area contributed by atoms with Crippen molar-refractivity contribution in [2.24, 2.45) is 0 Å². The van der Waals surface area contributed by atoms with Gasteiger partial charge in [0, 0.05) is 6.54 Å². The zero-order valence-corrected chi connectivity index (χ0v) is 13.6. The molecule has 1 amide bonds. The monoisotopic (exact) mass is 386 g/mol. The van der Waals surface area contributed by atoms with Gasteiger partial charge in [0.2, 0.25) is 0 Å². The molecule has 1 atom stereocenters. The molecule has 0 aromatic heterocycles. The molecule has 142 valence electrons. The van der Waals surface area contributed by atoms with Gasteiger partial charge in [0.15, 0.2) is 0 Å². The highest BCUT2D eigenvalue weighted by atomic mass is 19.4. The number of carbonyl (C=O) groups excluding carboxylic acids is 1. The molecular formula is C18H12F6N2O. The summed E-state index contributed by atoms with van der Waals surface area (Å²) in [5, 5.41) is 9.34. The minimum absolute atomic E-state index is 0.154. The molecular weight excluding hydrogens is 374 g/mol. The molecule has 2 aromatic rings. The molecule has 0 saturated heterocycles. The molecule has 9 heteroatoms. The summed E-state index contributed by atoms with van der Waals surface area (Å²) in [6, 6.07) is 10.6. The van der Waals surface area contributed by atoms with Gasteiger partial charge in [0.1, 0.15) is 6.04 Å². The van der Waals surface area contributed by atoms with Gasteiger partial charge in [-0.25, -0.2) is 0 Å². The van der Waals surface area contributed by atoms with Crippen molar-refractivity contribution in [2.75, 3.05) is 0 Å². The Morgan fingerprint density at radius 1 is 0.963 bits per heavy atom. The van der Waals surface area contributed by atoms with Crippen LogP contribution in [-0.4, -0.2) is 17.0 Å². The third-order valence-corrected chi connectivity index (χ3v) is 3.69. The third-order valence-electron chi connectivity index (χ3n) is 3.69. The summed E-state index contributed by atoms with van der Waals surface area (Å²) < 4.78 is 76.9. The van der Waals surface area contributed by atoms with Crippen LogP contribution in [0, 0.1) is 11.3 Å². The Hall–Kier alpha value is -3.02. The zero-order chi connectivity index (χ0) is 20.2. The second kappa shape index (κ2) is 7.70. The van der Waals surface area contributed by atoms with E-state index in [2.05, 4.69) is 0 Å². The second-order valence-electron chi connectivity index (χ2n) is 5.57. The van der Waals surface area contributed by atoms with Crippen LogP contribution in [-0.2, 0) is 17.5 Å². The summed E-state index contributed by atoms with van der Waals surface area (Å²) in [5.74, 6) is -2.25. The topological polar surface area (TPSA) is 44.1 Å². The van der Waals surface area contributed by atoms with Crippen LogP contribution in [0.1, 0.15) is 22.7 Å². The lowest BCUT2D eigenvalue weighted by Gasteiger charge is -2.28. The van der Waals surface area contributed by atoms with Gasteiger partial charge in [0.25, 0.3) is 0 Å². The first-order valence-corrected chi connectivity index (χ1v) is 7.52. The van der Waals surface area contributed by atoms with E-state index in [0.717, 1.165) is 12.1 Å². The fourth-order valence-corrected chi connectivity index (χ4v) is 2.40. The van der Waals surface area contributed by atoms with Crippen molar-refractivity contribution in [1.82, 2.24) is 4.90 Å². The molecule has 0 bridgehead atoms. The molecule has 2 rings (SSSR count). The number of carbonyl (C=O) groups is 1. The Kier molecular flexibility index (Phi) is 5.78. The maximum Gasteiger partial charge on any atom is 0.471 e. The van der Waals surface area contributed by atoms with E-state index >= 15 is 0 Å². The van der Waals surface area contributed by atoms with Crippen molar-refractivity contribution < 1.29 is 31.1 Å². The fourth-order valence-electron chi connectivity index (χ4n) is 2.40. The number of hydrogen-bond acceptors (Lipinski definition) is 2. The maximum absolute atomic E-state index is 13.0. The Bertz CT molecular complexity index is 822. The molecule has 3 nitrogen and oxygen atoms in total. The van der Waals surface area contributed by atoms with E-state index in [4.69, 9.17) is 0 Å². The van der Waals surface area contributed by atoms with Crippen molar-refractivity contribution in [2.45, 2.75) is 24.9 Å². The Labute approximate surface area is 150 Å². The summed E-state index contributed by atoms with van der Waals surface area (Å²) in [6.45, 7) is -0.529. The van der Waals surface area contributed by atoms with E-state index in [0.29, 0.717) is 17.7 Å². The first-order chi connectivity index (χ1) is 12.5. The highest BCUT2D eigenvalue weighted by Crippen LogP contribution is 2.32. The molecule has 0 aliphatic rings. The van der Waals surface area contributed by atoms with Gasteiger partial charge >= 0.3 is 18.3 Å². The zero-order valence-electron chi connectivity index (χ0n) is 13.6. The smallest absolute Gasteiger partial charge is 0.310 e. The van der Waals surface area contributed by atoms with Crippen molar-refractivity contribution in [3.05, 3.63) is 71.3 Å². The molecule has 0 radical (unpaired) electrons. The van der Waals surface area contributed by atoms with Crippen LogP contribution in [0.4, 0.5) is 26.3 Å². The van der Waals surface area contributed by atoms with Crippen LogP contribution >= 0.6 is 0 Å². The van der Waals surface area contributed by atoms with Crippen LogP contribution in [0.15, 0.2) is 54.6 Å². The van der Waals surface area contributed by atoms with Crippen LogP contribution in [0.5, 0.6) is 0 Å². The van der Waals surface area contributed by atoms with Crippen LogP contribution < -0.4 is 0 Å². The molecule has 1 unspecified atom stereocenters. The van der Waals surface area contributed by atoms with Crippen molar-refractivity contribution in [3.63, 3.8) is 0 Å². The van der Waals surface area contributed by atoms with Gasteiger partial charge in [-0.1, -0.05) is 42.5 Å². The van der Waals surface area contributed by atoms with Crippen LogP contribution in [0.2, 0.25) is 0 Å². The number of halogens is 6. The first kappa shape index (κ1) is 20.3. The molecule has 0 saturated carbocycles.